The summed E-state index contributed by atoms with van der Waals surface area (Å²) in [5.41, 5.74) is -1.32. The van der Waals surface area contributed by atoms with Crippen molar-refractivity contribution >= 4 is 5.91 Å². The zero-order chi connectivity index (χ0) is 15.6. The van der Waals surface area contributed by atoms with E-state index in [9.17, 15) is 18.0 Å². The lowest BCUT2D eigenvalue weighted by Gasteiger charge is -2.18. The number of hydrogen-bond donors (Lipinski definition) is 1. The van der Waals surface area contributed by atoms with Crippen LogP contribution >= 0.6 is 0 Å². The van der Waals surface area contributed by atoms with Crippen LogP contribution in [0.1, 0.15) is 34.6 Å². The molecule has 0 fully saturated rings. The number of carbonyl (C=O) groups excluding carboxylic acids is 1. The van der Waals surface area contributed by atoms with Crippen molar-refractivity contribution in [3.8, 4) is 0 Å². The fourth-order valence-corrected chi connectivity index (χ4v) is 1.82. The second kappa shape index (κ2) is 5.63. The van der Waals surface area contributed by atoms with Crippen molar-refractivity contribution < 1.29 is 22.4 Å². The molecule has 0 saturated heterocycles. The van der Waals surface area contributed by atoms with Crippen LogP contribution in [0.15, 0.2) is 22.6 Å². The Morgan fingerprint density at radius 1 is 1.43 bits per heavy atom. The third kappa shape index (κ3) is 3.45. The lowest BCUT2D eigenvalue weighted by molar-refractivity contribution is -0.141. The number of aromatic nitrogens is 2. The Hall–Kier alpha value is -2.25. The second-order valence-corrected chi connectivity index (χ2v) is 4.50. The Kier molecular flexibility index (Phi) is 4.06. The van der Waals surface area contributed by atoms with Gasteiger partial charge >= 0.3 is 6.18 Å². The van der Waals surface area contributed by atoms with Crippen LogP contribution in [0.5, 0.6) is 0 Å². The monoisotopic (exact) mass is 301 g/mol. The van der Waals surface area contributed by atoms with E-state index in [4.69, 9.17) is 4.42 Å². The number of aryl methyl sites for hydroxylation is 1. The number of alkyl halides is 3. The molecule has 0 aliphatic rings. The summed E-state index contributed by atoms with van der Waals surface area (Å²) in [5, 5.41) is 5.26. The van der Waals surface area contributed by atoms with Crippen molar-refractivity contribution in [1.82, 2.24) is 15.1 Å². The molecule has 2 heterocycles. The third-order valence-electron chi connectivity index (χ3n) is 2.91. The van der Waals surface area contributed by atoms with Gasteiger partial charge in [0.1, 0.15) is 17.2 Å². The highest BCUT2D eigenvalue weighted by Crippen LogP contribution is 2.28. The van der Waals surface area contributed by atoms with Crippen molar-refractivity contribution in [1.29, 1.82) is 0 Å². The van der Waals surface area contributed by atoms with E-state index in [2.05, 4.69) is 5.10 Å². The maximum atomic E-state index is 12.5. The Balaban J connectivity index is 2.14. The first-order valence-electron chi connectivity index (χ1n) is 6.28. The minimum absolute atomic E-state index is 0.178. The summed E-state index contributed by atoms with van der Waals surface area (Å²) >= 11 is 0. The molecule has 2 aromatic rings. The highest BCUT2D eigenvalue weighted by Gasteiger charge is 2.34. The molecule has 0 aliphatic carbocycles. The van der Waals surface area contributed by atoms with Crippen LogP contribution in [0.2, 0.25) is 0 Å². The van der Waals surface area contributed by atoms with Crippen LogP contribution in [0.25, 0.3) is 0 Å². The Morgan fingerprint density at radius 2 is 2.14 bits per heavy atom. The summed E-state index contributed by atoms with van der Waals surface area (Å²) in [6.07, 6.45) is -4.55. The van der Waals surface area contributed by atoms with Crippen LogP contribution in [0.3, 0.4) is 0 Å². The molecule has 1 amide bonds. The highest BCUT2D eigenvalue weighted by atomic mass is 19.4. The summed E-state index contributed by atoms with van der Waals surface area (Å²) in [6, 6.07) is 4.18. The molecule has 0 atom stereocenters. The van der Waals surface area contributed by atoms with Gasteiger partial charge in [-0.05, 0) is 26.0 Å². The normalized spacial score (nSPS) is 11.7. The number of hydrogen-bond acceptors (Lipinski definition) is 3. The summed E-state index contributed by atoms with van der Waals surface area (Å²) < 4.78 is 42.8. The standard InChI is InChI=1S/C13H14F3N3O2/c1-3-19(7-9-5-4-8(2)21-9)12(20)10-6-11(18-17-10)13(14,15)16/h4-6H,3,7H2,1-2H3,(H,17,18). The number of nitrogens with one attached hydrogen (secondary N) is 1. The van der Waals surface area contributed by atoms with Crippen molar-refractivity contribution in [3.63, 3.8) is 0 Å². The molecule has 2 aromatic heterocycles. The average Bonchev–Trinajstić information content (AvgIpc) is 3.03. The van der Waals surface area contributed by atoms with E-state index in [1.165, 1.54) is 4.90 Å². The van der Waals surface area contributed by atoms with Gasteiger partial charge in [-0.15, -0.1) is 0 Å². The van der Waals surface area contributed by atoms with E-state index in [0.717, 1.165) is 0 Å². The van der Waals surface area contributed by atoms with Gasteiger partial charge in [0.2, 0.25) is 0 Å². The Bertz CT molecular complexity index is 631. The molecule has 0 aliphatic heterocycles. The highest BCUT2D eigenvalue weighted by molar-refractivity contribution is 5.92. The summed E-state index contributed by atoms with van der Waals surface area (Å²) in [7, 11) is 0. The quantitative estimate of drug-likeness (QED) is 0.944. The molecule has 114 valence electrons. The van der Waals surface area contributed by atoms with Crippen LogP contribution in [0, 0.1) is 6.92 Å². The van der Waals surface area contributed by atoms with E-state index in [1.54, 1.807) is 26.0 Å². The maximum Gasteiger partial charge on any atom is 0.432 e. The second-order valence-electron chi connectivity index (χ2n) is 4.50. The molecule has 8 heteroatoms. The van der Waals surface area contributed by atoms with Gasteiger partial charge in [0.15, 0.2) is 5.69 Å². The molecule has 0 unspecified atom stereocenters. The predicted molar refractivity (Wildman–Crippen MR) is 67.4 cm³/mol. The molecular formula is C13H14F3N3O2. The van der Waals surface area contributed by atoms with Crippen LogP contribution in [-0.4, -0.2) is 27.5 Å². The van der Waals surface area contributed by atoms with Gasteiger partial charge in [0.25, 0.3) is 5.91 Å². The van der Waals surface area contributed by atoms with Crippen LogP contribution < -0.4 is 0 Å². The molecule has 0 bridgehead atoms. The number of carbonyl (C=O) groups is 1. The van der Waals surface area contributed by atoms with Gasteiger partial charge in [-0.25, -0.2) is 0 Å². The van der Waals surface area contributed by atoms with Gasteiger partial charge in [0, 0.05) is 12.6 Å². The molecule has 0 aromatic carbocycles. The first-order chi connectivity index (χ1) is 9.81. The molecule has 21 heavy (non-hydrogen) atoms. The van der Waals surface area contributed by atoms with Crippen LogP contribution in [0.4, 0.5) is 13.2 Å². The first-order valence-corrected chi connectivity index (χ1v) is 6.28. The number of H-pyrrole nitrogens is 1. The number of amides is 1. The molecular weight excluding hydrogens is 287 g/mol. The van der Waals surface area contributed by atoms with E-state index < -0.39 is 17.8 Å². The molecule has 0 radical (unpaired) electrons. The number of halogens is 3. The lowest BCUT2D eigenvalue weighted by Crippen LogP contribution is -2.30. The number of nitrogens with zero attached hydrogens (tertiary/aromatic N) is 2. The van der Waals surface area contributed by atoms with Crippen molar-refractivity contribution in [3.05, 3.63) is 41.1 Å². The molecule has 0 saturated carbocycles. The van der Waals surface area contributed by atoms with Crippen molar-refractivity contribution in [2.24, 2.45) is 0 Å². The molecule has 5 nitrogen and oxygen atoms in total. The first kappa shape index (κ1) is 15.1. The topological polar surface area (TPSA) is 62.1 Å². The summed E-state index contributed by atoms with van der Waals surface area (Å²) in [5.74, 6) is 0.681. The van der Waals surface area contributed by atoms with E-state index in [-0.39, 0.29) is 12.2 Å². The third-order valence-corrected chi connectivity index (χ3v) is 2.91. The largest absolute Gasteiger partial charge is 0.464 e. The Morgan fingerprint density at radius 3 is 2.62 bits per heavy atom. The van der Waals surface area contributed by atoms with Crippen LogP contribution in [-0.2, 0) is 12.7 Å². The number of furan rings is 1. The average molecular weight is 301 g/mol. The van der Waals surface area contributed by atoms with Gasteiger partial charge in [-0.1, -0.05) is 0 Å². The number of rotatable bonds is 4. The smallest absolute Gasteiger partial charge is 0.432 e. The summed E-state index contributed by atoms with van der Waals surface area (Å²) in [4.78, 5) is 13.5. The Labute approximate surface area is 118 Å². The fourth-order valence-electron chi connectivity index (χ4n) is 1.82. The zero-order valence-corrected chi connectivity index (χ0v) is 11.5. The van der Waals surface area contributed by atoms with E-state index in [0.29, 0.717) is 24.1 Å². The zero-order valence-electron chi connectivity index (χ0n) is 11.5. The minimum atomic E-state index is -4.55. The summed E-state index contributed by atoms with van der Waals surface area (Å²) in [6.45, 7) is 4.00. The fraction of sp³-hybridized carbons (Fsp3) is 0.385. The molecule has 2 rings (SSSR count). The molecule has 0 spiro atoms. The van der Waals surface area contributed by atoms with Crippen molar-refractivity contribution in [2.75, 3.05) is 6.54 Å². The number of aromatic amines is 1. The SMILES string of the molecule is CCN(Cc1ccc(C)o1)C(=O)c1cc(C(F)(F)F)[nH]n1. The van der Waals surface area contributed by atoms with Gasteiger partial charge < -0.3 is 9.32 Å². The van der Waals surface area contributed by atoms with Gasteiger partial charge in [0.05, 0.1) is 6.54 Å². The predicted octanol–water partition coefficient (Wildman–Crippen LogP) is 2.99. The molecule has 1 N–H and O–H groups in total. The maximum absolute atomic E-state index is 12.5. The van der Waals surface area contributed by atoms with Gasteiger partial charge in [-0.3, -0.25) is 9.89 Å². The van der Waals surface area contributed by atoms with E-state index >= 15 is 0 Å². The van der Waals surface area contributed by atoms with Crippen molar-refractivity contribution in [2.45, 2.75) is 26.6 Å². The van der Waals surface area contributed by atoms with E-state index in [1.807, 2.05) is 5.10 Å². The minimum Gasteiger partial charge on any atom is -0.464 e. The lowest BCUT2D eigenvalue weighted by atomic mass is 10.3. The van der Waals surface area contributed by atoms with Gasteiger partial charge in [-0.2, -0.15) is 18.3 Å².